The highest BCUT2D eigenvalue weighted by Crippen LogP contribution is 2.38. The molecule has 1 heterocycles. The van der Waals surface area contributed by atoms with Crippen LogP contribution in [0.4, 0.5) is 4.39 Å². The molecule has 0 aliphatic rings. The van der Waals surface area contributed by atoms with Gasteiger partial charge in [0, 0.05) is 10.5 Å². The second-order valence-corrected chi connectivity index (χ2v) is 4.80. The Morgan fingerprint density at radius 3 is 2.33 bits per heavy atom. The van der Waals surface area contributed by atoms with Crippen molar-refractivity contribution in [3.8, 4) is 0 Å². The molecule has 1 N–H and O–H groups in total. The van der Waals surface area contributed by atoms with Crippen molar-refractivity contribution in [1.82, 2.24) is 0 Å². The Bertz CT molecular complexity index is 320. The molecule has 0 saturated heterocycles. The summed E-state index contributed by atoms with van der Waals surface area (Å²) in [5.74, 6) is -1.91. The van der Waals surface area contributed by atoms with E-state index >= 15 is 0 Å². The van der Waals surface area contributed by atoms with Crippen LogP contribution in [0.25, 0.3) is 0 Å². The Morgan fingerprint density at radius 2 is 2.17 bits per heavy atom. The minimum absolute atomic E-state index is 0.211. The van der Waals surface area contributed by atoms with Gasteiger partial charge in [-0.1, -0.05) is 0 Å². The van der Waals surface area contributed by atoms with Crippen molar-refractivity contribution in [2.75, 3.05) is 0 Å². The normalized spacial score (nSPS) is 11.8. The molecule has 2 nitrogen and oxygen atoms in total. The van der Waals surface area contributed by atoms with E-state index in [4.69, 9.17) is 16.7 Å². The first-order valence-corrected chi connectivity index (χ1v) is 5.13. The maximum Gasteiger partial charge on any atom is 0.392 e. The van der Waals surface area contributed by atoms with Crippen molar-refractivity contribution in [3.63, 3.8) is 0 Å². The summed E-state index contributed by atoms with van der Waals surface area (Å²) >= 11 is 5.69. The summed E-state index contributed by atoms with van der Waals surface area (Å²) in [5, 5.41) is 8.61. The fourth-order valence-electron chi connectivity index (χ4n) is 0.935. The van der Waals surface area contributed by atoms with Crippen LogP contribution in [0.1, 0.15) is 15.2 Å². The van der Waals surface area contributed by atoms with E-state index < -0.39 is 22.3 Å². The number of carboxylic acids is 1. The number of thiophene rings is 1. The van der Waals surface area contributed by atoms with Gasteiger partial charge in [0.2, 0.25) is 4.34 Å². The van der Waals surface area contributed by atoms with Gasteiger partial charge in [0.15, 0.2) is 5.82 Å². The first-order valence-electron chi connectivity index (χ1n) is 3.12. The number of carboxylic acid groups (broad SMARTS) is 1. The van der Waals surface area contributed by atoms with Gasteiger partial charge in [-0.3, -0.25) is 0 Å². The first kappa shape index (κ1) is 9.48. The number of hydrogen-bond acceptors (Lipinski definition) is 1. The number of aromatic carboxylic acids is 1. The molecule has 0 amide bonds. The van der Waals surface area contributed by atoms with Crippen LogP contribution < -0.4 is 0 Å². The molecule has 0 aromatic carbocycles. The third kappa shape index (κ3) is 1.21. The monoisotopic (exact) mass is 209 g/mol. The Balaban J connectivity index is 3.48. The van der Waals surface area contributed by atoms with Crippen LogP contribution in [0.15, 0.2) is 0 Å². The third-order valence-electron chi connectivity index (χ3n) is 1.59. The molecule has 0 aliphatic carbocycles. The lowest BCUT2D eigenvalue weighted by Crippen LogP contribution is -1.96. The highest BCUT2D eigenvalue weighted by Gasteiger charge is 2.32. The van der Waals surface area contributed by atoms with Gasteiger partial charge in [-0.2, -0.15) is 0 Å². The Kier molecular flexibility index (Phi) is 2.39. The summed E-state index contributed by atoms with van der Waals surface area (Å²) in [6.07, 6.45) is 1.60. The zero-order chi connectivity index (χ0) is 9.46. The summed E-state index contributed by atoms with van der Waals surface area (Å²) in [6, 6.07) is 0. The van der Waals surface area contributed by atoms with E-state index in [0.717, 1.165) is 0 Å². The highest BCUT2D eigenvalue weighted by molar-refractivity contribution is 7.34. The van der Waals surface area contributed by atoms with Gasteiger partial charge in [-0.15, -0.1) is 0 Å². The van der Waals surface area contributed by atoms with Crippen LogP contribution in [-0.2, 0) is 6.26 Å². The van der Waals surface area contributed by atoms with Crippen LogP contribution in [0.3, 0.4) is 0 Å². The predicted octanol–water partition coefficient (Wildman–Crippen LogP) is 2.77. The molecule has 1 aromatic heterocycles. The summed E-state index contributed by atoms with van der Waals surface area (Å²) in [4.78, 5) is 10.3. The van der Waals surface area contributed by atoms with Crippen LogP contribution >= 0.6 is 22.1 Å². The van der Waals surface area contributed by atoms with Crippen LogP contribution in [0.5, 0.6) is 0 Å². The van der Waals surface area contributed by atoms with E-state index in [1.807, 2.05) is 0 Å². The Morgan fingerprint density at radius 1 is 1.67 bits per heavy atom. The maximum absolute atomic E-state index is 13.1. The lowest BCUT2D eigenvalue weighted by molar-refractivity contribution is 0.0697. The van der Waals surface area contributed by atoms with Crippen molar-refractivity contribution < 1.29 is 14.3 Å². The largest absolute Gasteiger partial charge is 0.474 e. The van der Waals surface area contributed by atoms with Crippen molar-refractivity contribution in [2.24, 2.45) is 6.26 Å². The van der Waals surface area contributed by atoms with Crippen LogP contribution in [0, 0.1) is 12.7 Å². The molecule has 0 fully saturated rings. The molecular formula is C7H7ClFO2S+. The van der Waals surface area contributed by atoms with E-state index in [0.29, 0.717) is 4.34 Å². The second kappa shape index (κ2) is 3.03. The van der Waals surface area contributed by atoms with E-state index in [1.165, 1.54) is 6.92 Å². The zero-order valence-electron chi connectivity index (χ0n) is 6.52. The minimum Gasteiger partial charge on any atom is -0.474 e. The van der Waals surface area contributed by atoms with Gasteiger partial charge in [-0.05, 0) is 18.5 Å². The molecule has 1 aromatic rings. The van der Waals surface area contributed by atoms with Gasteiger partial charge < -0.3 is 5.11 Å². The number of halogens is 2. The molecule has 0 bridgehead atoms. The summed E-state index contributed by atoms with van der Waals surface area (Å²) < 4.78 is 13.4. The van der Waals surface area contributed by atoms with Crippen molar-refractivity contribution in [2.45, 2.75) is 6.92 Å². The van der Waals surface area contributed by atoms with E-state index in [-0.39, 0.29) is 10.4 Å². The molecular weight excluding hydrogens is 203 g/mol. The van der Waals surface area contributed by atoms with Gasteiger partial charge >= 0.3 is 5.97 Å². The van der Waals surface area contributed by atoms with Gasteiger partial charge in [0.1, 0.15) is 6.26 Å². The fourth-order valence-corrected chi connectivity index (χ4v) is 2.66. The standard InChI is InChI=1S/C7H6ClFO2S/c1-3-4(9)5(7(10)11)12(2)6(3)8/h1-2H3/p+1. The number of hydrogen-bond donors (Lipinski definition) is 1. The summed E-state index contributed by atoms with van der Waals surface area (Å²) in [7, 11) is -0.796. The molecule has 0 aliphatic heterocycles. The maximum atomic E-state index is 13.1. The lowest BCUT2D eigenvalue weighted by atomic mass is 10.3. The molecule has 12 heavy (non-hydrogen) atoms. The highest BCUT2D eigenvalue weighted by atomic mass is 35.5. The van der Waals surface area contributed by atoms with Crippen molar-refractivity contribution in [1.29, 1.82) is 0 Å². The molecule has 0 spiro atoms. The van der Waals surface area contributed by atoms with Gasteiger partial charge in [-0.25, -0.2) is 9.18 Å². The number of rotatable bonds is 1. The molecule has 1 unspecified atom stereocenters. The van der Waals surface area contributed by atoms with Crippen molar-refractivity contribution >= 4 is 28.0 Å². The molecule has 5 heteroatoms. The lowest BCUT2D eigenvalue weighted by Gasteiger charge is -1.82. The topological polar surface area (TPSA) is 37.3 Å². The Hall–Kier alpha value is -0.610. The van der Waals surface area contributed by atoms with E-state index in [1.54, 1.807) is 6.26 Å². The summed E-state index contributed by atoms with van der Waals surface area (Å²) in [5.41, 5.74) is 0.250. The van der Waals surface area contributed by atoms with Gasteiger partial charge in [0.05, 0.1) is 5.56 Å². The van der Waals surface area contributed by atoms with Crippen LogP contribution in [-0.4, -0.2) is 11.1 Å². The zero-order valence-corrected chi connectivity index (χ0v) is 8.09. The smallest absolute Gasteiger partial charge is 0.392 e. The van der Waals surface area contributed by atoms with Crippen LogP contribution in [0.2, 0.25) is 4.34 Å². The molecule has 0 saturated carbocycles. The number of carbonyl (C=O) groups is 1. The summed E-state index contributed by atoms with van der Waals surface area (Å²) in [6.45, 7) is 1.48. The third-order valence-corrected chi connectivity index (χ3v) is 4.38. The fraction of sp³-hybridized carbons (Fsp3) is 0.286. The quantitative estimate of drug-likeness (QED) is 0.723. The molecule has 0 radical (unpaired) electrons. The molecule has 66 valence electrons. The van der Waals surface area contributed by atoms with E-state index in [9.17, 15) is 9.18 Å². The SMILES string of the molecule is Cc1c(F)c(C(=O)O)[s+](C)c1Cl. The average molecular weight is 210 g/mol. The molecule has 1 atom stereocenters. The van der Waals surface area contributed by atoms with E-state index in [2.05, 4.69) is 0 Å². The minimum atomic E-state index is -1.23. The first-order chi connectivity index (χ1) is 5.46. The Labute approximate surface area is 76.6 Å². The molecule has 1 rings (SSSR count). The average Bonchev–Trinajstić information content (AvgIpc) is 2.16. The van der Waals surface area contributed by atoms with Crippen molar-refractivity contribution in [3.05, 3.63) is 20.6 Å². The predicted molar refractivity (Wildman–Crippen MR) is 46.6 cm³/mol. The van der Waals surface area contributed by atoms with Gasteiger partial charge in [0.25, 0.3) is 4.88 Å². The second-order valence-electron chi connectivity index (χ2n) is 2.36.